The van der Waals surface area contributed by atoms with Gasteiger partial charge in [-0.2, -0.15) is 0 Å². The molecular formula is C5H5IrO. The fourth-order valence-corrected chi connectivity index (χ4v) is 0.856. The molecular weight excluding hydrogens is 268 g/mol. The first-order valence-electron chi connectivity index (χ1n) is 2.01. The average Bonchev–Trinajstić information content (AvgIpc) is 1.69. The van der Waals surface area contributed by atoms with Crippen molar-refractivity contribution >= 4 is 0 Å². The Hall–Kier alpha value is -0.0706. The second-order valence-corrected chi connectivity index (χ2v) is 2.60. The Morgan fingerprint density at radius 1 is 1.71 bits per heavy atom. The van der Waals surface area contributed by atoms with Crippen LogP contribution in [0.5, 0.6) is 0 Å². The Morgan fingerprint density at radius 2 is 2.57 bits per heavy atom. The van der Waals surface area contributed by atoms with E-state index < -0.39 is 0 Å². The van der Waals surface area contributed by atoms with Gasteiger partial charge in [-0.15, -0.1) is 0 Å². The molecule has 0 aliphatic carbocycles. The summed E-state index contributed by atoms with van der Waals surface area (Å²) in [4.78, 5) is 0. The summed E-state index contributed by atoms with van der Waals surface area (Å²) >= 11 is 2.01. The van der Waals surface area contributed by atoms with Gasteiger partial charge in [-0.3, -0.25) is 0 Å². The second-order valence-electron chi connectivity index (χ2n) is 1.21. The van der Waals surface area contributed by atoms with Crippen LogP contribution in [0.2, 0.25) is 0 Å². The molecule has 0 fully saturated rings. The minimum atomic E-state index is 0.733. The predicted molar refractivity (Wildman–Crippen MR) is 23.2 cm³/mol. The van der Waals surface area contributed by atoms with Crippen LogP contribution in [0, 0.1) is 0 Å². The second kappa shape index (κ2) is 2.29. The maximum atomic E-state index is 4.93. The number of ether oxygens (including phenoxy) is 1. The molecule has 1 rings (SSSR count). The summed E-state index contributed by atoms with van der Waals surface area (Å²) in [6.45, 7) is 0.733. The quantitative estimate of drug-likeness (QED) is 0.639. The number of hydrogen-bond donors (Lipinski definition) is 0. The van der Waals surface area contributed by atoms with Gasteiger partial charge in [-0.25, -0.2) is 0 Å². The zero-order valence-corrected chi connectivity index (χ0v) is 6.08. The van der Waals surface area contributed by atoms with Gasteiger partial charge in [0, 0.05) is 0 Å². The summed E-state index contributed by atoms with van der Waals surface area (Å²) in [5, 5.41) is 0. The maximum absolute atomic E-state index is 4.93. The van der Waals surface area contributed by atoms with Gasteiger partial charge in [0.15, 0.2) is 0 Å². The van der Waals surface area contributed by atoms with E-state index in [-0.39, 0.29) is 0 Å². The Labute approximate surface area is 53.2 Å². The zero-order chi connectivity index (χ0) is 5.11. The number of allylic oxidation sites excluding steroid dienone is 2. The zero-order valence-electron chi connectivity index (χ0n) is 3.68. The van der Waals surface area contributed by atoms with Gasteiger partial charge in [0.2, 0.25) is 0 Å². The molecule has 0 amide bonds. The van der Waals surface area contributed by atoms with Crippen LogP contribution in [0.15, 0.2) is 22.5 Å². The van der Waals surface area contributed by atoms with E-state index in [0.29, 0.717) is 0 Å². The van der Waals surface area contributed by atoms with E-state index in [4.69, 9.17) is 4.74 Å². The molecule has 0 aromatic carbocycles. The van der Waals surface area contributed by atoms with Crippen LogP contribution in [0.1, 0.15) is 0 Å². The molecule has 2 heteroatoms. The molecule has 7 heavy (non-hydrogen) atoms. The Morgan fingerprint density at radius 3 is 2.86 bits per heavy atom. The van der Waals surface area contributed by atoms with Gasteiger partial charge in [0.25, 0.3) is 0 Å². The van der Waals surface area contributed by atoms with E-state index in [1.54, 1.807) is 6.26 Å². The Kier molecular flexibility index (Phi) is 1.66. The molecule has 0 radical (unpaired) electrons. The summed E-state index contributed by atoms with van der Waals surface area (Å²) in [5.74, 6) is 0. The molecule has 0 spiro atoms. The minimum absolute atomic E-state index is 0.733. The molecule has 1 aliphatic heterocycles. The van der Waals surface area contributed by atoms with E-state index in [0.717, 1.165) is 6.61 Å². The van der Waals surface area contributed by atoms with Crippen molar-refractivity contribution in [3.05, 3.63) is 22.5 Å². The summed E-state index contributed by atoms with van der Waals surface area (Å²) in [5.41, 5.74) is 0. The molecule has 1 nitrogen and oxygen atoms in total. The van der Waals surface area contributed by atoms with Gasteiger partial charge in [-0.1, -0.05) is 0 Å². The van der Waals surface area contributed by atoms with Crippen LogP contribution >= 0.6 is 0 Å². The van der Waals surface area contributed by atoms with Gasteiger partial charge in [-0.05, 0) is 0 Å². The van der Waals surface area contributed by atoms with Crippen molar-refractivity contribution in [2.45, 2.75) is 0 Å². The molecule has 0 aromatic rings. The average molecular weight is 273 g/mol. The number of hydrogen-bond acceptors (Lipinski definition) is 1. The van der Waals surface area contributed by atoms with Crippen LogP contribution in [0.4, 0.5) is 0 Å². The van der Waals surface area contributed by atoms with Gasteiger partial charge in [0.1, 0.15) is 0 Å². The van der Waals surface area contributed by atoms with E-state index in [9.17, 15) is 0 Å². The van der Waals surface area contributed by atoms with Gasteiger partial charge >= 0.3 is 52.7 Å². The van der Waals surface area contributed by atoms with Crippen LogP contribution in [-0.2, 0) is 23.6 Å². The van der Waals surface area contributed by atoms with Crippen LogP contribution in [0.3, 0.4) is 0 Å². The molecule has 0 unspecified atom stereocenters. The first kappa shape index (κ1) is 5.07. The fourth-order valence-electron chi connectivity index (χ4n) is 0.374. The van der Waals surface area contributed by atoms with Crippen LogP contribution < -0.4 is 0 Å². The number of rotatable bonds is 0. The van der Waals surface area contributed by atoms with Crippen molar-refractivity contribution in [1.82, 2.24) is 0 Å². The third-order valence-corrected chi connectivity index (χ3v) is 1.33. The topological polar surface area (TPSA) is 9.23 Å². The van der Waals surface area contributed by atoms with Crippen molar-refractivity contribution < 1.29 is 23.6 Å². The summed E-state index contributed by atoms with van der Waals surface area (Å²) in [6.07, 6.45) is 5.80. The standard InChI is InChI=1S/C5H5O.Ir/c1-2-4-6-5-3-1;/h1-2,5H,4H2;. The Balaban J connectivity index is 2.58. The van der Waals surface area contributed by atoms with Crippen LogP contribution in [0.25, 0.3) is 0 Å². The van der Waals surface area contributed by atoms with Crippen LogP contribution in [-0.4, -0.2) is 6.61 Å². The fraction of sp³-hybridized carbons (Fsp3) is 0.200. The third kappa shape index (κ3) is 1.46. The third-order valence-electron chi connectivity index (χ3n) is 0.653. The van der Waals surface area contributed by atoms with E-state index in [2.05, 4.69) is 0 Å². The SMILES string of the molecule is [Ir][C]1=COCC=C1. The van der Waals surface area contributed by atoms with E-state index in [1.165, 1.54) is 4.09 Å². The van der Waals surface area contributed by atoms with E-state index >= 15 is 0 Å². The molecule has 0 aromatic heterocycles. The molecule has 0 saturated carbocycles. The molecule has 0 atom stereocenters. The van der Waals surface area contributed by atoms with Gasteiger partial charge in [0.05, 0.1) is 0 Å². The monoisotopic (exact) mass is 274 g/mol. The normalized spacial score (nSPS) is 18.3. The van der Waals surface area contributed by atoms with Crippen molar-refractivity contribution in [3.8, 4) is 0 Å². The molecule has 0 saturated heterocycles. The molecule has 1 heterocycles. The molecule has 0 bridgehead atoms. The van der Waals surface area contributed by atoms with Crippen molar-refractivity contribution in [1.29, 1.82) is 0 Å². The van der Waals surface area contributed by atoms with Crippen molar-refractivity contribution in [2.75, 3.05) is 6.61 Å². The molecule has 0 N–H and O–H groups in total. The van der Waals surface area contributed by atoms with Crippen molar-refractivity contribution in [3.63, 3.8) is 0 Å². The summed E-state index contributed by atoms with van der Waals surface area (Å²) in [6, 6.07) is 0. The predicted octanol–water partition coefficient (Wildman–Crippen LogP) is 0.961. The first-order valence-corrected chi connectivity index (χ1v) is 3.21. The first-order chi connectivity index (χ1) is 3.39. The summed E-state index contributed by atoms with van der Waals surface area (Å²) in [7, 11) is 0. The Bertz CT molecular complexity index is 115. The van der Waals surface area contributed by atoms with E-state index in [1.807, 2.05) is 31.1 Å². The van der Waals surface area contributed by atoms with Gasteiger partial charge < -0.3 is 0 Å². The summed E-state index contributed by atoms with van der Waals surface area (Å²) < 4.78 is 6.12. The molecule has 1 aliphatic rings. The molecule has 40 valence electrons. The van der Waals surface area contributed by atoms with Crippen molar-refractivity contribution in [2.24, 2.45) is 0 Å².